The van der Waals surface area contributed by atoms with E-state index in [1.54, 1.807) is 0 Å². The molecule has 0 saturated heterocycles. The van der Waals surface area contributed by atoms with Gasteiger partial charge in [0.05, 0.1) is 0 Å². The van der Waals surface area contributed by atoms with E-state index < -0.39 is 0 Å². The largest absolute Gasteiger partial charge is 0.330 e. The number of hydrogen-bond acceptors (Lipinski definition) is 3. The summed E-state index contributed by atoms with van der Waals surface area (Å²) >= 11 is 0. The maximum atomic E-state index is 5.56. The molecule has 2 N–H and O–H groups in total. The molecule has 1 aromatic heterocycles. The Hall–Kier alpha value is -0.900. The van der Waals surface area contributed by atoms with Crippen molar-refractivity contribution in [3.8, 4) is 0 Å². The van der Waals surface area contributed by atoms with Crippen molar-refractivity contribution in [2.24, 2.45) is 11.7 Å². The van der Waals surface area contributed by atoms with Gasteiger partial charge in [0, 0.05) is 19.4 Å². The standard InChI is InChI=1S/C12H22N4/c1-10(7-8-13)5-6-12-15-14-11-4-2-3-9-16(11)12/h10H,2-9,13H2,1H3. The fourth-order valence-electron chi connectivity index (χ4n) is 2.36. The summed E-state index contributed by atoms with van der Waals surface area (Å²) in [5.41, 5.74) is 5.56. The van der Waals surface area contributed by atoms with Crippen LogP contribution in [0.4, 0.5) is 0 Å². The second-order valence-corrected chi connectivity index (χ2v) is 4.86. The number of rotatable bonds is 5. The van der Waals surface area contributed by atoms with E-state index in [1.165, 1.54) is 30.9 Å². The molecule has 2 rings (SSSR count). The van der Waals surface area contributed by atoms with Crippen LogP contribution in [0.2, 0.25) is 0 Å². The van der Waals surface area contributed by atoms with E-state index in [2.05, 4.69) is 21.7 Å². The minimum absolute atomic E-state index is 0.696. The van der Waals surface area contributed by atoms with Gasteiger partial charge in [0.15, 0.2) is 0 Å². The highest BCUT2D eigenvalue weighted by Gasteiger charge is 2.15. The van der Waals surface area contributed by atoms with Crippen molar-refractivity contribution in [1.82, 2.24) is 14.8 Å². The quantitative estimate of drug-likeness (QED) is 0.822. The number of aryl methyl sites for hydroxylation is 2. The molecule has 16 heavy (non-hydrogen) atoms. The summed E-state index contributed by atoms with van der Waals surface area (Å²) in [7, 11) is 0. The Labute approximate surface area is 97.2 Å². The van der Waals surface area contributed by atoms with Crippen molar-refractivity contribution in [1.29, 1.82) is 0 Å². The molecule has 0 saturated carbocycles. The van der Waals surface area contributed by atoms with Crippen molar-refractivity contribution in [2.75, 3.05) is 6.54 Å². The van der Waals surface area contributed by atoms with Gasteiger partial charge in [-0.1, -0.05) is 6.92 Å². The first-order valence-corrected chi connectivity index (χ1v) is 6.42. The number of nitrogens with two attached hydrogens (primary N) is 1. The van der Waals surface area contributed by atoms with Crippen LogP contribution in [0, 0.1) is 5.92 Å². The minimum atomic E-state index is 0.696. The van der Waals surface area contributed by atoms with Gasteiger partial charge in [0.2, 0.25) is 0 Å². The van der Waals surface area contributed by atoms with Crippen LogP contribution in [0.25, 0.3) is 0 Å². The van der Waals surface area contributed by atoms with Gasteiger partial charge in [-0.3, -0.25) is 0 Å². The fraction of sp³-hybridized carbons (Fsp3) is 0.833. The summed E-state index contributed by atoms with van der Waals surface area (Å²) in [6.07, 6.45) is 6.98. The van der Waals surface area contributed by atoms with Crippen LogP contribution in [0.3, 0.4) is 0 Å². The average Bonchev–Trinajstić information content (AvgIpc) is 2.70. The molecule has 1 atom stereocenters. The zero-order chi connectivity index (χ0) is 11.4. The Morgan fingerprint density at radius 1 is 1.31 bits per heavy atom. The van der Waals surface area contributed by atoms with E-state index in [0.717, 1.165) is 32.4 Å². The van der Waals surface area contributed by atoms with Crippen LogP contribution in [0.15, 0.2) is 0 Å². The third-order valence-corrected chi connectivity index (χ3v) is 3.46. The third-order valence-electron chi connectivity index (χ3n) is 3.46. The van der Waals surface area contributed by atoms with E-state index in [4.69, 9.17) is 5.73 Å². The SMILES string of the molecule is CC(CCN)CCc1nnc2n1CCCC2. The summed E-state index contributed by atoms with van der Waals surface area (Å²) < 4.78 is 2.32. The summed E-state index contributed by atoms with van der Waals surface area (Å²) in [6, 6.07) is 0. The van der Waals surface area contributed by atoms with Gasteiger partial charge in [-0.15, -0.1) is 10.2 Å². The van der Waals surface area contributed by atoms with Gasteiger partial charge in [0.25, 0.3) is 0 Å². The molecule has 0 spiro atoms. The lowest BCUT2D eigenvalue weighted by atomic mass is 10.0. The molecule has 0 aromatic carbocycles. The molecular formula is C12H22N4. The van der Waals surface area contributed by atoms with Crippen molar-refractivity contribution in [2.45, 2.75) is 52.0 Å². The zero-order valence-electron chi connectivity index (χ0n) is 10.2. The van der Waals surface area contributed by atoms with Crippen molar-refractivity contribution >= 4 is 0 Å². The van der Waals surface area contributed by atoms with E-state index >= 15 is 0 Å². The molecule has 0 fully saturated rings. The maximum absolute atomic E-state index is 5.56. The summed E-state index contributed by atoms with van der Waals surface area (Å²) in [5.74, 6) is 3.06. The highest BCUT2D eigenvalue weighted by Crippen LogP contribution is 2.17. The average molecular weight is 222 g/mol. The Morgan fingerprint density at radius 2 is 2.19 bits per heavy atom. The molecule has 0 aliphatic carbocycles. The Kier molecular flexibility index (Phi) is 3.93. The molecule has 1 unspecified atom stereocenters. The van der Waals surface area contributed by atoms with E-state index in [9.17, 15) is 0 Å². The predicted octanol–water partition coefficient (Wildman–Crippen LogP) is 1.53. The molecule has 4 heteroatoms. The smallest absolute Gasteiger partial charge is 0.133 e. The number of aromatic nitrogens is 3. The van der Waals surface area contributed by atoms with Crippen LogP contribution in [0.5, 0.6) is 0 Å². The molecule has 4 nitrogen and oxygen atoms in total. The van der Waals surface area contributed by atoms with Crippen LogP contribution >= 0.6 is 0 Å². The molecule has 1 aliphatic rings. The number of fused-ring (bicyclic) bond motifs is 1. The number of hydrogen-bond donors (Lipinski definition) is 1. The summed E-state index contributed by atoms with van der Waals surface area (Å²) in [5, 5.41) is 8.58. The lowest BCUT2D eigenvalue weighted by Crippen LogP contribution is -2.14. The Balaban J connectivity index is 1.92. The number of nitrogens with zero attached hydrogens (tertiary/aromatic N) is 3. The summed E-state index contributed by atoms with van der Waals surface area (Å²) in [4.78, 5) is 0. The van der Waals surface area contributed by atoms with Gasteiger partial charge < -0.3 is 10.3 Å². The molecule has 1 aromatic rings. The molecule has 2 heterocycles. The van der Waals surface area contributed by atoms with Gasteiger partial charge >= 0.3 is 0 Å². The van der Waals surface area contributed by atoms with E-state index in [-0.39, 0.29) is 0 Å². The van der Waals surface area contributed by atoms with E-state index in [1.807, 2.05) is 0 Å². The first kappa shape index (κ1) is 11.6. The summed E-state index contributed by atoms with van der Waals surface area (Å²) in [6.45, 7) is 4.17. The van der Waals surface area contributed by atoms with Gasteiger partial charge in [-0.05, 0) is 38.1 Å². The predicted molar refractivity (Wildman–Crippen MR) is 64.1 cm³/mol. The zero-order valence-corrected chi connectivity index (χ0v) is 10.2. The molecule has 0 bridgehead atoms. The normalized spacial score (nSPS) is 17.1. The second kappa shape index (κ2) is 5.43. The molecular weight excluding hydrogens is 200 g/mol. The Bertz CT molecular complexity index is 332. The van der Waals surface area contributed by atoms with Gasteiger partial charge in [-0.25, -0.2) is 0 Å². The molecule has 0 radical (unpaired) electrons. The Morgan fingerprint density at radius 3 is 3.00 bits per heavy atom. The van der Waals surface area contributed by atoms with Crippen LogP contribution in [-0.4, -0.2) is 21.3 Å². The topological polar surface area (TPSA) is 56.7 Å². The fourth-order valence-corrected chi connectivity index (χ4v) is 2.36. The first-order chi connectivity index (χ1) is 7.81. The monoisotopic (exact) mass is 222 g/mol. The highest BCUT2D eigenvalue weighted by atomic mass is 15.3. The van der Waals surface area contributed by atoms with Gasteiger partial charge in [-0.2, -0.15) is 0 Å². The van der Waals surface area contributed by atoms with Crippen molar-refractivity contribution in [3.05, 3.63) is 11.6 Å². The minimum Gasteiger partial charge on any atom is -0.330 e. The molecule has 90 valence electrons. The van der Waals surface area contributed by atoms with Crippen molar-refractivity contribution < 1.29 is 0 Å². The second-order valence-electron chi connectivity index (χ2n) is 4.86. The highest BCUT2D eigenvalue weighted by molar-refractivity contribution is 4.99. The lowest BCUT2D eigenvalue weighted by molar-refractivity contribution is 0.467. The first-order valence-electron chi connectivity index (χ1n) is 6.42. The van der Waals surface area contributed by atoms with E-state index in [0.29, 0.717) is 5.92 Å². The lowest BCUT2D eigenvalue weighted by Gasteiger charge is -2.15. The molecule has 1 aliphatic heterocycles. The van der Waals surface area contributed by atoms with Crippen LogP contribution < -0.4 is 5.73 Å². The third kappa shape index (κ3) is 2.61. The maximum Gasteiger partial charge on any atom is 0.133 e. The van der Waals surface area contributed by atoms with Crippen LogP contribution in [0.1, 0.15) is 44.3 Å². The van der Waals surface area contributed by atoms with Gasteiger partial charge in [0.1, 0.15) is 11.6 Å². The molecule has 0 amide bonds. The van der Waals surface area contributed by atoms with Crippen LogP contribution in [-0.2, 0) is 19.4 Å². The van der Waals surface area contributed by atoms with Crippen molar-refractivity contribution in [3.63, 3.8) is 0 Å².